The van der Waals surface area contributed by atoms with Gasteiger partial charge in [-0.1, -0.05) is 12.1 Å². The van der Waals surface area contributed by atoms with Crippen LogP contribution in [0.15, 0.2) is 53.2 Å². The number of carbonyl (C=O) groups is 1. The highest BCUT2D eigenvalue weighted by molar-refractivity contribution is 5.97. The average molecular weight is 378 g/mol. The molecule has 0 aliphatic carbocycles. The Hall–Kier alpha value is -3.02. The number of ether oxygens (including phenoxy) is 2. The van der Waals surface area contributed by atoms with Crippen molar-refractivity contribution in [2.45, 2.75) is 43.9 Å². The minimum Gasteiger partial charge on any atom is -0.493 e. The highest BCUT2D eigenvalue weighted by Gasteiger charge is 2.45. The second kappa shape index (κ2) is 6.86. The summed E-state index contributed by atoms with van der Waals surface area (Å²) < 4.78 is 17.4. The van der Waals surface area contributed by atoms with Gasteiger partial charge < -0.3 is 18.8 Å². The number of amides is 1. The lowest BCUT2D eigenvalue weighted by Crippen LogP contribution is -2.49. The van der Waals surface area contributed by atoms with Gasteiger partial charge in [0.25, 0.3) is 5.91 Å². The van der Waals surface area contributed by atoms with E-state index in [1.807, 2.05) is 41.3 Å². The Morgan fingerprint density at radius 2 is 2.00 bits per heavy atom. The first-order valence-electron chi connectivity index (χ1n) is 9.69. The third-order valence-corrected chi connectivity index (χ3v) is 5.80. The SMILES string of the molecule is COc1cccc2cc(C(=O)N3C4CCC3CC(Oc3cccnc3)C4)oc12. The summed E-state index contributed by atoms with van der Waals surface area (Å²) in [4.78, 5) is 19.4. The number of fused-ring (bicyclic) bond motifs is 3. The van der Waals surface area contributed by atoms with Crippen molar-refractivity contribution in [3.05, 3.63) is 54.6 Å². The molecule has 0 spiro atoms. The van der Waals surface area contributed by atoms with Crippen LogP contribution in [0, 0.1) is 0 Å². The number of hydrogen-bond acceptors (Lipinski definition) is 5. The number of rotatable bonds is 4. The predicted molar refractivity (Wildman–Crippen MR) is 104 cm³/mol. The summed E-state index contributed by atoms with van der Waals surface area (Å²) in [5.41, 5.74) is 0.621. The van der Waals surface area contributed by atoms with Gasteiger partial charge in [0.15, 0.2) is 17.1 Å². The van der Waals surface area contributed by atoms with E-state index >= 15 is 0 Å². The Morgan fingerprint density at radius 1 is 1.18 bits per heavy atom. The van der Waals surface area contributed by atoms with Crippen LogP contribution in [0.2, 0.25) is 0 Å². The van der Waals surface area contributed by atoms with Crippen LogP contribution in [-0.2, 0) is 0 Å². The van der Waals surface area contributed by atoms with E-state index in [1.54, 1.807) is 19.5 Å². The molecule has 0 saturated carbocycles. The molecule has 2 fully saturated rings. The van der Waals surface area contributed by atoms with E-state index < -0.39 is 0 Å². The Morgan fingerprint density at radius 3 is 2.71 bits per heavy atom. The third-order valence-electron chi connectivity index (χ3n) is 5.80. The summed E-state index contributed by atoms with van der Waals surface area (Å²) in [6.07, 6.45) is 7.27. The zero-order valence-electron chi connectivity index (χ0n) is 15.7. The number of furan rings is 1. The van der Waals surface area contributed by atoms with Crippen molar-refractivity contribution in [1.82, 2.24) is 9.88 Å². The lowest BCUT2D eigenvalue weighted by molar-refractivity contribution is 0.0334. The number of pyridine rings is 1. The van der Waals surface area contributed by atoms with Gasteiger partial charge in [0, 0.05) is 36.5 Å². The monoisotopic (exact) mass is 378 g/mol. The van der Waals surface area contributed by atoms with Gasteiger partial charge in [-0.2, -0.15) is 0 Å². The van der Waals surface area contributed by atoms with Gasteiger partial charge >= 0.3 is 0 Å². The molecule has 6 heteroatoms. The fourth-order valence-corrected chi connectivity index (χ4v) is 4.59. The maximum absolute atomic E-state index is 13.2. The van der Waals surface area contributed by atoms with E-state index in [1.165, 1.54) is 0 Å². The Balaban J connectivity index is 1.35. The van der Waals surface area contributed by atoms with Gasteiger partial charge in [0.1, 0.15) is 11.9 Å². The minimum atomic E-state index is -0.0365. The molecule has 0 N–H and O–H groups in total. The maximum Gasteiger partial charge on any atom is 0.290 e. The van der Waals surface area contributed by atoms with Gasteiger partial charge in [0.05, 0.1) is 13.3 Å². The molecule has 2 unspecified atom stereocenters. The first kappa shape index (κ1) is 17.1. The largest absolute Gasteiger partial charge is 0.493 e. The third kappa shape index (κ3) is 2.89. The summed E-state index contributed by atoms with van der Waals surface area (Å²) in [5.74, 6) is 1.77. The molecule has 2 atom stereocenters. The van der Waals surface area contributed by atoms with Crippen LogP contribution in [0.5, 0.6) is 11.5 Å². The number of methoxy groups -OCH3 is 1. The van der Waals surface area contributed by atoms with Crippen LogP contribution < -0.4 is 9.47 Å². The molecular formula is C22H22N2O4. The van der Waals surface area contributed by atoms with E-state index in [2.05, 4.69) is 4.98 Å². The Labute approximate surface area is 163 Å². The molecular weight excluding hydrogens is 356 g/mol. The van der Waals surface area contributed by atoms with Crippen molar-refractivity contribution in [3.8, 4) is 11.5 Å². The molecule has 144 valence electrons. The number of hydrogen-bond donors (Lipinski definition) is 0. The minimum absolute atomic E-state index is 0.0365. The molecule has 6 nitrogen and oxygen atoms in total. The van der Waals surface area contributed by atoms with Crippen LogP contribution in [0.1, 0.15) is 36.2 Å². The van der Waals surface area contributed by atoms with Crippen LogP contribution in [-0.4, -0.2) is 41.1 Å². The van der Waals surface area contributed by atoms with E-state index in [9.17, 15) is 4.79 Å². The molecule has 0 radical (unpaired) electrons. The molecule has 2 aliphatic heterocycles. The molecule has 2 bridgehead atoms. The molecule has 3 aromatic rings. The summed E-state index contributed by atoms with van der Waals surface area (Å²) in [5, 5.41) is 0.879. The van der Waals surface area contributed by atoms with Crippen LogP contribution in [0.3, 0.4) is 0 Å². The van der Waals surface area contributed by atoms with Crippen LogP contribution in [0.25, 0.3) is 11.0 Å². The fourth-order valence-electron chi connectivity index (χ4n) is 4.59. The first-order valence-corrected chi connectivity index (χ1v) is 9.69. The smallest absolute Gasteiger partial charge is 0.290 e. The quantitative estimate of drug-likeness (QED) is 0.685. The molecule has 5 rings (SSSR count). The summed E-state index contributed by atoms with van der Waals surface area (Å²) in [7, 11) is 1.60. The van der Waals surface area contributed by atoms with Crippen molar-refractivity contribution in [2.75, 3.05) is 7.11 Å². The van der Waals surface area contributed by atoms with Crippen LogP contribution in [0.4, 0.5) is 0 Å². The summed E-state index contributed by atoms with van der Waals surface area (Å²) >= 11 is 0. The topological polar surface area (TPSA) is 64.8 Å². The zero-order chi connectivity index (χ0) is 19.1. The molecule has 2 saturated heterocycles. The highest BCUT2D eigenvalue weighted by atomic mass is 16.5. The molecule has 28 heavy (non-hydrogen) atoms. The van der Waals surface area contributed by atoms with Gasteiger partial charge in [-0.05, 0) is 37.1 Å². The van der Waals surface area contributed by atoms with Crippen LogP contribution >= 0.6 is 0 Å². The van der Waals surface area contributed by atoms with Crippen molar-refractivity contribution in [1.29, 1.82) is 0 Å². The number of benzene rings is 1. The van der Waals surface area contributed by atoms with Gasteiger partial charge in [-0.3, -0.25) is 9.78 Å². The standard InChI is InChI=1S/C22H22N2O4/c1-26-19-6-2-4-14-10-20(28-21(14)19)22(25)24-15-7-8-16(24)12-18(11-15)27-17-5-3-9-23-13-17/h2-6,9-10,13,15-16,18H,7-8,11-12H2,1H3. The molecule has 1 aromatic carbocycles. The number of piperidine rings is 1. The zero-order valence-corrected chi connectivity index (χ0v) is 15.7. The summed E-state index contributed by atoms with van der Waals surface area (Å²) in [6.45, 7) is 0. The second-order valence-corrected chi connectivity index (χ2v) is 7.49. The molecule has 2 aromatic heterocycles. The van der Waals surface area contributed by atoms with Gasteiger partial charge in [-0.25, -0.2) is 0 Å². The van der Waals surface area contributed by atoms with Gasteiger partial charge in [0.2, 0.25) is 0 Å². The van der Waals surface area contributed by atoms with E-state index in [4.69, 9.17) is 13.9 Å². The number of para-hydroxylation sites is 1. The normalized spacial score (nSPS) is 23.8. The Kier molecular flexibility index (Phi) is 4.19. The van der Waals surface area contributed by atoms with Gasteiger partial charge in [-0.15, -0.1) is 0 Å². The number of carbonyl (C=O) groups excluding carboxylic acids is 1. The van der Waals surface area contributed by atoms with E-state index in [-0.39, 0.29) is 24.1 Å². The summed E-state index contributed by atoms with van der Waals surface area (Å²) in [6, 6.07) is 11.7. The second-order valence-electron chi connectivity index (χ2n) is 7.49. The van der Waals surface area contributed by atoms with Crippen molar-refractivity contribution < 1.29 is 18.7 Å². The van der Waals surface area contributed by atoms with Crippen molar-refractivity contribution in [2.24, 2.45) is 0 Å². The van der Waals surface area contributed by atoms with E-state index in [0.717, 1.165) is 36.8 Å². The highest BCUT2D eigenvalue weighted by Crippen LogP contribution is 2.39. The van der Waals surface area contributed by atoms with Crippen molar-refractivity contribution >= 4 is 16.9 Å². The lowest BCUT2D eigenvalue weighted by Gasteiger charge is -2.38. The number of nitrogens with zero attached hydrogens (tertiary/aromatic N) is 2. The Bertz CT molecular complexity index is 986. The lowest BCUT2D eigenvalue weighted by atomic mass is 9.99. The first-order chi connectivity index (χ1) is 13.7. The molecule has 2 aliphatic rings. The molecule has 4 heterocycles. The van der Waals surface area contributed by atoms with Crippen molar-refractivity contribution in [3.63, 3.8) is 0 Å². The fraction of sp³-hybridized carbons (Fsp3) is 0.364. The average Bonchev–Trinajstić information content (AvgIpc) is 3.27. The number of aromatic nitrogens is 1. The predicted octanol–water partition coefficient (Wildman–Crippen LogP) is 4.05. The van der Waals surface area contributed by atoms with E-state index in [0.29, 0.717) is 17.1 Å². The maximum atomic E-state index is 13.2. The molecule has 1 amide bonds.